The molecule has 0 spiro atoms. The third-order valence-corrected chi connectivity index (χ3v) is 12.9. The van der Waals surface area contributed by atoms with Crippen molar-refractivity contribution in [3.05, 3.63) is 61.7 Å². The van der Waals surface area contributed by atoms with Gasteiger partial charge in [0.05, 0.1) is 41.7 Å². The van der Waals surface area contributed by atoms with Crippen LogP contribution in [0.2, 0.25) is 0 Å². The van der Waals surface area contributed by atoms with Crippen LogP contribution < -0.4 is 16.2 Å². The largest absolute Gasteiger partial charge is 0.482 e. The van der Waals surface area contributed by atoms with Gasteiger partial charge in [-0.2, -0.15) is 13.1 Å². The van der Waals surface area contributed by atoms with Crippen LogP contribution in [0.25, 0.3) is 22.3 Å². The first-order chi connectivity index (χ1) is 27.9. The van der Waals surface area contributed by atoms with Crippen LogP contribution in [-0.4, -0.2) is 83.1 Å². The van der Waals surface area contributed by atoms with Gasteiger partial charge in [-0.1, -0.05) is 13.8 Å². The maximum absolute atomic E-state index is 15.2. The first-order valence-corrected chi connectivity index (χ1v) is 21.7. The van der Waals surface area contributed by atoms with Gasteiger partial charge in [0.1, 0.15) is 19.0 Å². The van der Waals surface area contributed by atoms with Crippen molar-refractivity contribution >= 4 is 44.3 Å². The van der Waals surface area contributed by atoms with E-state index in [2.05, 4.69) is 19.9 Å². The van der Waals surface area contributed by atoms with Gasteiger partial charge < -0.3 is 39.2 Å². The van der Waals surface area contributed by atoms with Crippen molar-refractivity contribution < 1.29 is 74.0 Å². The maximum Gasteiger partial charge on any atom is 0.482 e. The molecule has 2 amide bonds. The molecule has 3 aromatic rings. The highest BCUT2D eigenvalue weighted by atomic mass is 31.3. The zero-order chi connectivity index (χ0) is 42.9. The molecule has 4 atom stereocenters. The smallest absolute Gasteiger partial charge is 0.458 e. The van der Waals surface area contributed by atoms with E-state index in [0.29, 0.717) is 47.3 Å². The second-order valence-corrected chi connectivity index (χ2v) is 17.0. The number of esters is 1. The molecule has 0 bridgehead atoms. The molecular weight excluding hydrogens is 831 g/mol. The van der Waals surface area contributed by atoms with Gasteiger partial charge in [-0.15, -0.1) is 0 Å². The molecule has 2 aromatic heterocycles. The van der Waals surface area contributed by atoms with Gasteiger partial charge in [-0.3, -0.25) is 23.4 Å². The number of phosphoric ester groups is 2. The molecule has 0 saturated carbocycles. The molecule has 0 fully saturated rings. The van der Waals surface area contributed by atoms with Gasteiger partial charge >= 0.3 is 28.0 Å². The van der Waals surface area contributed by atoms with Crippen molar-refractivity contribution in [2.24, 2.45) is 0 Å². The lowest BCUT2D eigenvalue weighted by atomic mass is 9.81. The van der Waals surface area contributed by atoms with Gasteiger partial charge in [0, 0.05) is 48.9 Å². The summed E-state index contributed by atoms with van der Waals surface area (Å²) in [7, 11) is -11.2. The first kappa shape index (κ1) is 44.5. The number of phosphoric acid groups is 2. The Kier molecular flexibility index (Phi) is 13.5. The third-order valence-electron chi connectivity index (χ3n) is 10.2. The minimum atomic E-state index is -5.76. The number of alkyl halides is 2. The predicted octanol–water partition coefficient (Wildman–Crippen LogP) is 4.10. The highest BCUT2D eigenvalue weighted by molar-refractivity contribution is 7.61. The Hall–Kier alpha value is -4.04. The Morgan fingerprint density at radius 1 is 1.07 bits per heavy atom. The number of carbonyl (C=O) groups is 3. The number of rotatable bonds is 19. The monoisotopic (exact) mass is 874 g/mol. The number of nitrogens with one attached hydrogen (secondary N) is 2. The number of hydrogen-bond acceptors (Lipinski definition) is 13. The molecule has 4 N–H and O–H groups in total. The van der Waals surface area contributed by atoms with Crippen molar-refractivity contribution in [3.63, 3.8) is 0 Å². The molecule has 2 unspecified atom stereocenters. The second-order valence-electron chi connectivity index (χ2n) is 14.0. The Morgan fingerprint density at radius 3 is 2.53 bits per heavy atom. The van der Waals surface area contributed by atoms with Crippen molar-refractivity contribution in [3.8, 4) is 11.4 Å². The molecular formula is C36H43F3N4O14P2. The predicted molar refractivity (Wildman–Crippen MR) is 200 cm³/mol. The number of aromatic nitrogens is 2. The summed E-state index contributed by atoms with van der Waals surface area (Å²) in [4.78, 5) is 77.7. The summed E-state index contributed by atoms with van der Waals surface area (Å²) in [5.74, 6) is -3.95. The van der Waals surface area contributed by atoms with E-state index in [0.717, 1.165) is 12.5 Å². The van der Waals surface area contributed by atoms with E-state index in [1.165, 1.54) is 17.6 Å². The van der Waals surface area contributed by atoms with Crippen molar-refractivity contribution in [1.82, 2.24) is 20.2 Å². The van der Waals surface area contributed by atoms with Gasteiger partial charge in [0.25, 0.3) is 11.5 Å². The van der Waals surface area contributed by atoms with Gasteiger partial charge in [-0.05, 0) is 61.8 Å². The summed E-state index contributed by atoms with van der Waals surface area (Å²) in [6, 6.07) is 1.46. The van der Waals surface area contributed by atoms with Crippen LogP contribution in [0.15, 0.2) is 16.9 Å². The van der Waals surface area contributed by atoms with E-state index in [1.54, 1.807) is 6.92 Å². The quantitative estimate of drug-likeness (QED) is 0.0589. The van der Waals surface area contributed by atoms with Crippen LogP contribution >= 0.6 is 15.6 Å². The number of amides is 2. The minimum absolute atomic E-state index is 0.0309. The lowest BCUT2D eigenvalue weighted by Crippen LogP contribution is -2.46. The molecule has 1 aliphatic carbocycles. The zero-order valence-electron chi connectivity index (χ0n) is 32.2. The van der Waals surface area contributed by atoms with Crippen LogP contribution in [0.3, 0.4) is 0 Å². The molecule has 0 radical (unpaired) electrons. The van der Waals surface area contributed by atoms with Crippen molar-refractivity contribution in [2.75, 3.05) is 39.6 Å². The number of nitrogens with zero attached hydrogens (tertiary/aromatic N) is 2. The van der Waals surface area contributed by atoms with Gasteiger partial charge in [0.2, 0.25) is 11.5 Å². The average molecular weight is 875 g/mol. The van der Waals surface area contributed by atoms with E-state index in [1.807, 2.05) is 6.92 Å². The van der Waals surface area contributed by atoms with Gasteiger partial charge in [-0.25, -0.2) is 23.3 Å². The van der Waals surface area contributed by atoms with Crippen LogP contribution in [0.1, 0.15) is 79.0 Å². The molecule has 322 valence electrons. The highest BCUT2D eigenvalue weighted by Crippen LogP contribution is 2.64. The average Bonchev–Trinajstić information content (AvgIpc) is 3.54. The van der Waals surface area contributed by atoms with E-state index < -0.39 is 82.5 Å². The molecule has 4 heterocycles. The number of aryl methyl sites for hydroxylation is 1. The van der Waals surface area contributed by atoms with Gasteiger partial charge in [0.15, 0.2) is 0 Å². The Balaban J connectivity index is 1.25. The molecule has 3 aliphatic rings. The zero-order valence-corrected chi connectivity index (χ0v) is 34.0. The summed E-state index contributed by atoms with van der Waals surface area (Å²) in [5.41, 5.74) is -2.00. The van der Waals surface area contributed by atoms with E-state index in [9.17, 15) is 46.9 Å². The van der Waals surface area contributed by atoms with Crippen molar-refractivity contribution in [2.45, 2.75) is 84.1 Å². The number of carbonyl (C=O) groups excluding carboxylic acids is 3. The number of hydrogen-bond donors (Lipinski definition) is 4. The summed E-state index contributed by atoms with van der Waals surface area (Å²) < 4.78 is 99.8. The van der Waals surface area contributed by atoms with Crippen LogP contribution in [0.4, 0.5) is 13.2 Å². The second kappa shape index (κ2) is 17.9. The fourth-order valence-electron chi connectivity index (χ4n) is 7.52. The molecule has 6 rings (SSSR count). The number of fused-ring (bicyclic) bond motifs is 5. The molecule has 2 aliphatic heterocycles. The molecule has 18 nitrogen and oxygen atoms in total. The molecule has 1 aromatic carbocycles. The van der Waals surface area contributed by atoms with Crippen molar-refractivity contribution in [1.29, 1.82) is 0 Å². The topological polar surface area (TPSA) is 240 Å². The number of cyclic esters (lactones) is 1. The van der Waals surface area contributed by atoms with Crippen LogP contribution in [0, 0.1) is 12.7 Å². The Morgan fingerprint density at radius 2 is 1.81 bits per heavy atom. The third kappa shape index (κ3) is 9.18. The number of ether oxygens (including phenoxy) is 3. The number of halogens is 3. The minimum Gasteiger partial charge on any atom is -0.458 e. The normalized spacial score (nSPS) is 20.0. The maximum atomic E-state index is 15.2. The standard InChI is InChI=1S/C36H43F3N4O14P2/c1-4-10-52-11-6-12-53-18-28(44)40-9-13-55-58(48,49)57-59(50,51)56-36(5-2)23-14-27-31-21(16-43(27)34(46)22(23)17-54-35(36)47)30-25(42-33(45)32(38)39)8-7-20-19(3)24(37)15-26(41-31)29(20)30/h14-15,25,32H,4-13,16-18H2,1-3H3,(H,40,44)(H,42,45)(H,48,49)(H,50,51)/t25-,36-/m0/s1. The highest BCUT2D eigenvalue weighted by Gasteiger charge is 2.54. The van der Waals surface area contributed by atoms with Crippen LogP contribution in [0.5, 0.6) is 0 Å². The fraction of sp³-hybridized carbons (Fsp3) is 0.528. The summed E-state index contributed by atoms with van der Waals surface area (Å²) in [6.45, 7) is 4.09. The number of benzene rings is 1. The lowest BCUT2D eigenvalue weighted by Gasteiger charge is -2.36. The SMILES string of the molecule is CCCOCCCOCC(=O)NCCOP(=O)(O)OP(=O)(O)O[C@]1(CC)C(=O)OCc2c1cc1n(c2=O)Cc2c-1nc1cc(F)c(C)c3c1c2[C@@H](NC(=O)C(F)F)CC3. The fourth-order valence-corrected chi connectivity index (χ4v) is 9.90. The molecule has 0 saturated heterocycles. The number of pyridine rings is 2. The Labute approximate surface area is 334 Å². The Bertz CT molecular complexity index is 2330. The molecule has 59 heavy (non-hydrogen) atoms. The van der Waals surface area contributed by atoms with E-state index >= 15 is 4.39 Å². The summed E-state index contributed by atoms with van der Waals surface area (Å²) in [6.07, 6.45) is -2.02. The summed E-state index contributed by atoms with van der Waals surface area (Å²) in [5, 5.41) is 5.16. The first-order valence-electron chi connectivity index (χ1n) is 18.8. The van der Waals surface area contributed by atoms with E-state index in [-0.39, 0.29) is 67.2 Å². The lowest BCUT2D eigenvalue weighted by molar-refractivity contribution is -0.170. The van der Waals surface area contributed by atoms with E-state index in [4.69, 9.17) is 23.3 Å². The van der Waals surface area contributed by atoms with Crippen LogP contribution in [-0.2, 0) is 76.3 Å². The molecule has 23 heteroatoms. The summed E-state index contributed by atoms with van der Waals surface area (Å²) >= 11 is 0.